The van der Waals surface area contributed by atoms with Gasteiger partial charge in [-0.3, -0.25) is 4.79 Å². The second kappa shape index (κ2) is 2.79. The van der Waals surface area contributed by atoms with Crippen LogP contribution in [0.2, 0.25) is 0 Å². The maximum Gasteiger partial charge on any atom is 0.489 e. The fourth-order valence-electron chi connectivity index (χ4n) is 1.35. The van der Waals surface area contributed by atoms with Gasteiger partial charge in [-0.2, -0.15) is 0 Å². The van der Waals surface area contributed by atoms with Gasteiger partial charge in [-0.1, -0.05) is 18.2 Å². The van der Waals surface area contributed by atoms with Crippen molar-refractivity contribution < 1.29 is 14.8 Å². The van der Waals surface area contributed by atoms with Crippen molar-refractivity contribution in [1.29, 1.82) is 0 Å². The summed E-state index contributed by atoms with van der Waals surface area (Å²) in [4.78, 5) is 14.7. The highest BCUT2D eigenvalue weighted by Gasteiger charge is 2.25. The Morgan fingerprint density at radius 2 is 2.08 bits per heavy atom. The molecule has 64 valence electrons. The summed E-state index contributed by atoms with van der Waals surface area (Å²) in [6, 6.07) is 4.85. The number of hydrogen-bond acceptors (Lipinski definition) is 3. The Morgan fingerprint density at radius 1 is 1.31 bits per heavy atom. The van der Waals surface area contributed by atoms with E-state index in [4.69, 9.17) is 10.0 Å². The molecule has 0 saturated heterocycles. The van der Waals surface area contributed by atoms with Gasteiger partial charge in [0, 0.05) is 11.8 Å². The van der Waals surface area contributed by atoms with E-state index in [1.54, 1.807) is 12.1 Å². The van der Waals surface area contributed by atoms with Crippen LogP contribution in [0.25, 0.3) is 0 Å². The summed E-state index contributed by atoms with van der Waals surface area (Å²) in [5.74, 6) is -0.418. The Labute approximate surface area is 74.7 Å². The summed E-state index contributed by atoms with van der Waals surface area (Å²) in [5.41, 5.74) is 1.13. The number of aliphatic imine (C=N–C) groups is 1. The molecule has 0 atom stereocenters. The second-order valence-corrected chi connectivity index (χ2v) is 2.75. The van der Waals surface area contributed by atoms with Crippen LogP contribution in [-0.2, 0) is 0 Å². The van der Waals surface area contributed by atoms with Crippen molar-refractivity contribution in [3.63, 3.8) is 0 Å². The topological polar surface area (TPSA) is 69.9 Å². The second-order valence-electron chi connectivity index (χ2n) is 2.75. The van der Waals surface area contributed by atoms with Gasteiger partial charge in [-0.05, 0) is 5.46 Å². The summed E-state index contributed by atoms with van der Waals surface area (Å²) < 4.78 is 0. The van der Waals surface area contributed by atoms with Gasteiger partial charge in [0.05, 0.1) is 5.56 Å². The van der Waals surface area contributed by atoms with Crippen molar-refractivity contribution >= 4 is 24.7 Å². The summed E-state index contributed by atoms with van der Waals surface area (Å²) in [7, 11) is -1.62. The van der Waals surface area contributed by atoms with E-state index >= 15 is 0 Å². The molecule has 13 heavy (non-hydrogen) atoms. The fraction of sp³-hybridized carbons (Fsp3) is 0. The number of carbonyl (C=O) groups is 1. The Hall–Kier alpha value is -1.46. The Bertz CT molecular complexity index is 400. The Balaban J connectivity index is 2.64. The summed E-state index contributed by atoms with van der Waals surface area (Å²) in [6.45, 7) is 0. The zero-order valence-electron chi connectivity index (χ0n) is 6.64. The van der Waals surface area contributed by atoms with Crippen molar-refractivity contribution in [2.45, 2.75) is 0 Å². The molecule has 1 aromatic rings. The van der Waals surface area contributed by atoms with Crippen LogP contribution < -0.4 is 5.46 Å². The number of nitrogens with zero attached hydrogens (tertiary/aromatic N) is 1. The molecule has 0 saturated carbocycles. The predicted octanol–water partition coefficient (Wildman–Crippen LogP) is -1.06. The third-order valence-corrected chi connectivity index (χ3v) is 1.94. The van der Waals surface area contributed by atoms with E-state index in [0.29, 0.717) is 5.56 Å². The number of hydrogen-bond donors (Lipinski definition) is 2. The monoisotopic (exact) mass is 175 g/mol. The molecule has 0 aromatic heterocycles. The summed E-state index contributed by atoms with van der Waals surface area (Å²) >= 11 is 0. The molecule has 1 aliphatic heterocycles. The molecule has 0 unspecified atom stereocenters. The lowest BCUT2D eigenvalue weighted by Gasteiger charge is -2.03. The lowest BCUT2D eigenvalue weighted by Crippen LogP contribution is -2.34. The van der Waals surface area contributed by atoms with Crippen molar-refractivity contribution in [3.8, 4) is 0 Å². The molecule has 2 rings (SSSR count). The number of fused-ring (bicyclic) bond motifs is 1. The van der Waals surface area contributed by atoms with Crippen LogP contribution in [0.3, 0.4) is 0 Å². The molecule has 1 aromatic carbocycles. The van der Waals surface area contributed by atoms with Crippen LogP contribution >= 0.6 is 0 Å². The van der Waals surface area contributed by atoms with Gasteiger partial charge in [-0.15, -0.1) is 0 Å². The van der Waals surface area contributed by atoms with Gasteiger partial charge < -0.3 is 10.0 Å². The first-order valence-corrected chi connectivity index (χ1v) is 3.77. The van der Waals surface area contributed by atoms with Gasteiger partial charge in [-0.25, -0.2) is 4.99 Å². The third kappa shape index (κ3) is 1.18. The van der Waals surface area contributed by atoms with E-state index in [1.807, 2.05) is 0 Å². The van der Waals surface area contributed by atoms with Crippen LogP contribution in [0.1, 0.15) is 15.9 Å². The first-order chi connectivity index (χ1) is 6.20. The van der Waals surface area contributed by atoms with E-state index in [1.165, 1.54) is 12.3 Å². The lowest BCUT2D eigenvalue weighted by molar-refractivity contribution is 0.101. The molecule has 5 heteroatoms. The van der Waals surface area contributed by atoms with Crippen molar-refractivity contribution in [2.75, 3.05) is 0 Å². The molecule has 1 heterocycles. The highest BCUT2D eigenvalue weighted by molar-refractivity contribution is 6.61. The standard InChI is InChI=1S/C8H6BNO3/c11-8-7-5(4-10-8)2-1-3-6(7)9(12)13/h1-4,12-13H. The number of benzene rings is 1. The molecule has 1 amide bonds. The van der Waals surface area contributed by atoms with Gasteiger partial charge in [0.25, 0.3) is 5.91 Å². The van der Waals surface area contributed by atoms with Gasteiger partial charge >= 0.3 is 7.12 Å². The highest BCUT2D eigenvalue weighted by Crippen LogP contribution is 2.11. The molecular weight excluding hydrogens is 169 g/mol. The van der Waals surface area contributed by atoms with Crippen LogP contribution in [0.15, 0.2) is 23.2 Å². The number of rotatable bonds is 1. The molecule has 0 radical (unpaired) electrons. The largest absolute Gasteiger partial charge is 0.489 e. The average Bonchev–Trinajstić information content (AvgIpc) is 2.48. The van der Waals surface area contributed by atoms with Crippen molar-refractivity contribution in [3.05, 3.63) is 29.3 Å². The molecule has 2 N–H and O–H groups in total. The molecule has 0 fully saturated rings. The molecule has 1 aliphatic rings. The quantitative estimate of drug-likeness (QED) is 0.534. The lowest BCUT2D eigenvalue weighted by atomic mass is 9.76. The normalized spacial score (nSPS) is 13.2. The molecule has 0 aliphatic carbocycles. The maximum absolute atomic E-state index is 11.2. The molecule has 4 nitrogen and oxygen atoms in total. The van der Waals surface area contributed by atoms with E-state index in [0.717, 1.165) is 0 Å². The van der Waals surface area contributed by atoms with Crippen LogP contribution in [0.5, 0.6) is 0 Å². The zero-order valence-corrected chi connectivity index (χ0v) is 6.64. The minimum atomic E-state index is -1.62. The van der Waals surface area contributed by atoms with E-state index in [2.05, 4.69) is 4.99 Å². The Morgan fingerprint density at radius 3 is 2.77 bits per heavy atom. The van der Waals surface area contributed by atoms with Crippen LogP contribution in [0.4, 0.5) is 0 Å². The minimum absolute atomic E-state index is 0.208. The Kier molecular flexibility index (Phi) is 1.75. The first-order valence-electron chi connectivity index (χ1n) is 3.77. The highest BCUT2D eigenvalue weighted by atomic mass is 16.4. The number of carbonyl (C=O) groups excluding carboxylic acids is 1. The SMILES string of the molecule is O=C1N=Cc2cccc(B(O)O)c21. The van der Waals surface area contributed by atoms with Crippen LogP contribution in [-0.4, -0.2) is 29.3 Å². The summed E-state index contributed by atoms with van der Waals surface area (Å²) in [5, 5.41) is 17.9. The predicted molar refractivity (Wildman–Crippen MR) is 48.2 cm³/mol. The number of amides is 1. The summed E-state index contributed by atoms with van der Waals surface area (Å²) in [6.07, 6.45) is 1.42. The first kappa shape index (κ1) is 8.16. The molecule has 0 bridgehead atoms. The molecular formula is C8H6BNO3. The fourth-order valence-corrected chi connectivity index (χ4v) is 1.35. The van der Waals surface area contributed by atoms with E-state index in [-0.39, 0.29) is 11.0 Å². The molecule has 0 spiro atoms. The van der Waals surface area contributed by atoms with Gasteiger partial charge in [0.1, 0.15) is 0 Å². The van der Waals surface area contributed by atoms with Gasteiger partial charge in [0.15, 0.2) is 0 Å². The van der Waals surface area contributed by atoms with Gasteiger partial charge in [0.2, 0.25) is 0 Å². The van der Waals surface area contributed by atoms with Crippen molar-refractivity contribution in [1.82, 2.24) is 0 Å². The van der Waals surface area contributed by atoms with Crippen LogP contribution in [0, 0.1) is 0 Å². The average molecular weight is 175 g/mol. The van der Waals surface area contributed by atoms with E-state index < -0.39 is 13.0 Å². The van der Waals surface area contributed by atoms with E-state index in [9.17, 15) is 4.79 Å². The zero-order chi connectivity index (χ0) is 9.42. The third-order valence-electron chi connectivity index (χ3n) is 1.94. The van der Waals surface area contributed by atoms with Crippen molar-refractivity contribution in [2.24, 2.45) is 4.99 Å². The maximum atomic E-state index is 11.2. The smallest absolute Gasteiger partial charge is 0.423 e. The minimum Gasteiger partial charge on any atom is -0.423 e.